The highest BCUT2D eigenvalue weighted by atomic mass is 16.2. The van der Waals surface area contributed by atoms with Gasteiger partial charge >= 0.3 is 0 Å². The average molecular weight is 288 g/mol. The Morgan fingerprint density at radius 1 is 0.952 bits per heavy atom. The lowest BCUT2D eigenvalue weighted by Gasteiger charge is -2.36. The van der Waals surface area contributed by atoms with Crippen LogP contribution in [-0.2, 0) is 4.79 Å². The van der Waals surface area contributed by atoms with Gasteiger partial charge in [0.05, 0.1) is 13.1 Å². The van der Waals surface area contributed by atoms with Gasteiger partial charge in [0, 0.05) is 31.9 Å². The Morgan fingerprint density at radius 3 is 2.29 bits per heavy atom. The first kappa shape index (κ1) is 14.4. The number of hydrogen-bond acceptors (Lipinski definition) is 2. The Bertz CT molecular complexity index is 448. The fraction of sp³-hybridized carbons (Fsp3) is 0.588. The van der Waals surface area contributed by atoms with E-state index in [1.54, 1.807) is 0 Å². The molecule has 0 spiro atoms. The summed E-state index contributed by atoms with van der Waals surface area (Å²) < 4.78 is 0. The number of piperazine rings is 1. The Hall–Kier alpha value is -1.55. The zero-order valence-electron chi connectivity index (χ0n) is 12.8. The normalized spacial score (nSPS) is 20.6. The van der Waals surface area contributed by atoms with Gasteiger partial charge in [-0.25, -0.2) is 0 Å². The molecule has 21 heavy (non-hydrogen) atoms. The van der Waals surface area contributed by atoms with E-state index in [4.69, 9.17) is 0 Å². The largest absolute Gasteiger partial charge is 0.368 e. The Morgan fingerprint density at radius 2 is 1.62 bits per heavy atom. The molecule has 0 aromatic heterocycles. The van der Waals surface area contributed by atoms with Crippen molar-refractivity contribution in [2.45, 2.75) is 19.3 Å². The molecule has 1 N–H and O–H groups in total. The molecule has 2 saturated heterocycles. The predicted octanol–water partition coefficient (Wildman–Crippen LogP) is 0.404. The predicted molar refractivity (Wildman–Crippen MR) is 84.6 cm³/mol. The first-order chi connectivity index (χ1) is 10.3. The Balaban J connectivity index is 1.47. The smallest absolute Gasteiger partial charge is 0.277 e. The number of quaternary nitrogens is 1. The van der Waals surface area contributed by atoms with Crippen molar-refractivity contribution in [3.8, 4) is 0 Å². The van der Waals surface area contributed by atoms with Crippen LogP contribution in [-0.4, -0.2) is 56.6 Å². The molecule has 1 aromatic carbocycles. The number of carbonyl (C=O) groups is 1. The van der Waals surface area contributed by atoms with Crippen LogP contribution in [0.15, 0.2) is 30.3 Å². The molecule has 114 valence electrons. The molecule has 0 saturated carbocycles. The van der Waals surface area contributed by atoms with E-state index in [1.165, 1.54) is 42.9 Å². The number of piperidine rings is 1. The second-order valence-corrected chi connectivity index (χ2v) is 6.19. The average Bonchev–Trinajstić information content (AvgIpc) is 2.57. The molecular formula is C17H26N3O+. The molecule has 4 nitrogen and oxygen atoms in total. The van der Waals surface area contributed by atoms with Crippen LogP contribution < -0.4 is 9.80 Å². The second-order valence-electron chi connectivity index (χ2n) is 6.19. The van der Waals surface area contributed by atoms with Gasteiger partial charge in [-0.15, -0.1) is 0 Å². The molecule has 0 unspecified atom stereocenters. The third-order valence-electron chi connectivity index (χ3n) is 4.72. The molecule has 1 amide bonds. The highest BCUT2D eigenvalue weighted by molar-refractivity contribution is 5.77. The topological polar surface area (TPSA) is 28.0 Å². The number of hydrogen-bond donors (Lipinski definition) is 1. The van der Waals surface area contributed by atoms with E-state index in [2.05, 4.69) is 34.1 Å². The van der Waals surface area contributed by atoms with E-state index in [0.29, 0.717) is 12.5 Å². The first-order valence-electron chi connectivity index (χ1n) is 8.24. The zero-order valence-corrected chi connectivity index (χ0v) is 12.8. The molecule has 2 heterocycles. The van der Waals surface area contributed by atoms with Gasteiger partial charge in [-0.2, -0.15) is 0 Å². The van der Waals surface area contributed by atoms with Crippen LogP contribution in [0.1, 0.15) is 19.3 Å². The van der Waals surface area contributed by atoms with E-state index < -0.39 is 0 Å². The van der Waals surface area contributed by atoms with Gasteiger partial charge in [-0.05, 0) is 31.4 Å². The van der Waals surface area contributed by atoms with Crippen LogP contribution in [0, 0.1) is 0 Å². The third-order valence-corrected chi connectivity index (χ3v) is 4.72. The van der Waals surface area contributed by atoms with Gasteiger partial charge in [-0.1, -0.05) is 18.2 Å². The maximum Gasteiger partial charge on any atom is 0.277 e. The number of rotatable bonds is 3. The van der Waals surface area contributed by atoms with Crippen molar-refractivity contribution in [1.29, 1.82) is 0 Å². The van der Waals surface area contributed by atoms with Crippen molar-refractivity contribution in [2.24, 2.45) is 0 Å². The van der Waals surface area contributed by atoms with Crippen molar-refractivity contribution < 1.29 is 9.69 Å². The summed E-state index contributed by atoms with van der Waals surface area (Å²) in [6.45, 7) is 6.68. The number of likely N-dealkylation sites (tertiary alicyclic amines) is 1. The van der Waals surface area contributed by atoms with Crippen LogP contribution in [0.5, 0.6) is 0 Å². The molecule has 0 radical (unpaired) electrons. The van der Waals surface area contributed by atoms with Crippen molar-refractivity contribution in [2.75, 3.05) is 50.7 Å². The molecule has 4 heteroatoms. The minimum Gasteiger partial charge on any atom is -0.368 e. The summed E-state index contributed by atoms with van der Waals surface area (Å²) >= 11 is 0. The first-order valence-corrected chi connectivity index (χ1v) is 8.24. The van der Waals surface area contributed by atoms with Crippen LogP contribution in [0.2, 0.25) is 0 Å². The highest BCUT2D eigenvalue weighted by Gasteiger charge is 2.25. The maximum absolute atomic E-state index is 12.4. The molecule has 3 rings (SSSR count). The van der Waals surface area contributed by atoms with Gasteiger partial charge < -0.3 is 14.7 Å². The minimum atomic E-state index is 0.347. The lowest BCUT2D eigenvalue weighted by molar-refractivity contribution is -0.897. The summed E-state index contributed by atoms with van der Waals surface area (Å²) in [6.07, 6.45) is 3.90. The van der Waals surface area contributed by atoms with Crippen molar-refractivity contribution in [3.63, 3.8) is 0 Å². The lowest BCUT2D eigenvalue weighted by atomic mass is 10.1. The van der Waals surface area contributed by atoms with E-state index >= 15 is 0 Å². The number of amides is 1. The number of anilines is 1. The number of carbonyl (C=O) groups excluding carboxylic acids is 1. The molecular weight excluding hydrogens is 262 g/mol. The van der Waals surface area contributed by atoms with Gasteiger partial charge in [0.1, 0.15) is 0 Å². The molecule has 0 atom stereocenters. The monoisotopic (exact) mass is 288 g/mol. The highest BCUT2D eigenvalue weighted by Crippen LogP contribution is 2.15. The van der Waals surface area contributed by atoms with E-state index in [-0.39, 0.29) is 0 Å². The standard InChI is InChI=1S/C17H25N3O/c21-17(15-18-9-5-2-6-10-18)20-13-11-19(12-14-20)16-7-3-1-4-8-16/h1,3-4,7-8H,2,5-6,9-15H2/p+1. The summed E-state index contributed by atoms with van der Waals surface area (Å²) in [7, 11) is 0. The van der Waals surface area contributed by atoms with Crippen LogP contribution >= 0.6 is 0 Å². The van der Waals surface area contributed by atoms with E-state index in [0.717, 1.165) is 26.2 Å². The molecule has 2 fully saturated rings. The summed E-state index contributed by atoms with van der Waals surface area (Å²) in [6, 6.07) is 10.5. The van der Waals surface area contributed by atoms with E-state index in [1.807, 2.05) is 6.07 Å². The molecule has 1 aromatic rings. The van der Waals surface area contributed by atoms with Crippen LogP contribution in [0.3, 0.4) is 0 Å². The SMILES string of the molecule is O=C(C[NH+]1CCCCC1)N1CCN(c2ccccc2)CC1. The van der Waals surface area contributed by atoms with Crippen LogP contribution in [0.25, 0.3) is 0 Å². The van der Waals surface area contributed by atoms with Crippen molar-refractivity contribution in [3.05, 3.63) is 30.3 Å². The van der Waals surface area contributed by atoms with Gasteiger partial charge in [0.2, 0.25) is 0 Å². The number of nitrogens with one attached hydrogen (secondary N) is 1. The van der Waals surface area contributed by atoms with Crippen LogP contribution in [0.4, 0.5) is 5.69 Å². The quantitative estimate of drug-likeness (QED) is 0.872. The zero-order chi connectivity index (χ0) is 14.5. The van der Waals surface area contributed by atoms with Gasteiger partial charge in [0.15, 0.2) is 6.54 Å². The fourth-order valence-corrected chi connectivity index (χ4v) is 3.41. The molecule has 0 aliphatic carbocycles. The number of para-hydroxylation sites is 1. The molecule has 2 aliphatic rings. The van der Waals surface area contributed by atoms with Gasteiger partial charge in [-0.3, -0.25) is 4.79 Å². The van der Waals surface area contributed by atoms with Crippen molar-refractivity contribution >= 4 is 11.6 Å². The lowest BCUT2D eigenvalue weighted by Crippen LogP contribution is -3.13. The third kappa shape index (κ3) is 3.76. The van der Waals surface area contributed by atoms with E-state index in [9.17, 15) is 4.79 Å². The van der Waals surface area contributed by atoms with Gasteiger partial charge in [0.25, 0.3) is 5.91 Å². The Labute approximate surface area is 127 Å². The summed E-state index contributed by atoms with van der Waals surface area (Å²) in [5.41, 5.74) is 1.27. The minimum absolute atomic E-state index is 0.347. The Kier molecular flexibility index (Phi) is 4.76. The summed E-state index contributed by atoms with van der Waals surface area (Å²) in [5.74, 6) is 0.347. The summed E-state index contributed by atoms with van der Waals surface area (Å²) in [4.78, 5) is 18.3. The molecule has 0 bridgehead atoms. The maximum atomic E-state index is 12.4. The second kappa shape index (κ2) is 6.94. The van der Waals surface area contributed by atoms with Crippen molar-refractivity contribution in [1.82, 2.24) is 4.90 Å². The fourth-order valence-electron chi connectivity index (χ4n) is 3.41. The molecule has 2 aliphatic heterocycles. The summed E-state index contributed by atoms with van der Waals surface area (Å²) in [5, 5.41) is 0. The number of benzene rings is 1. The number of nitrogens with zero attached hydrogens (tertiary/aromatic N) is 2.